The number of hydrogen-bond donors (Lipinski definition) is 1. The molecule has 15 heavy (non-hydrogen) atoms. The number of fused-ring (bicyclic) bond motifs is 1. The fourth-order valence-corrected chi connectivity index (χ4v) is 1.34. The Morgan fingerprint density at radius 3 is 2.93 bits per heavy atom. The predicted octanol–water partition coefficient (Wildman–Crippen LogP) is 0.370. The molecule has 1 aromatic rings. The molecule has 1 N–H and O–H groups in total. The molecule has 0 bridgehead atoms. The third kappa shape index (κ3) is 1.73. The van der Waals surface area contributed by atoms with Gasteiger partial charge in [0.1, 0.15) is 6.61 Å². The van der Waals surface area contributed by atoms with Crippen LogP contribution in [0.2, 0.25) is 0 Å². The van der Waals surface area contributed by atoms with E-state index in [1.165, 1.54) is 4.90 Å². The lowest BCUT2D eigenvalue weighted by Gasteiger charge is -2.16. The molecule has 0 unspecified atom stereocenters. The maximum absolute atomic E-state index is 11.2. The highest BCUT2D eigenvalue weighted by molar-refractivity contribution is 5.93. The van der Waals surface area contributed by atoms with Crippen molar-refractivity contribution in [1.29, 1.82) is 0 Å². The van der Waals surface area contributed by atoms with Gasteiger partial charge in [-0.3, -0.25) is 4.79 Å². The van der Waals surface area contributed by atoms with Crippen LogP contribution in [0.4, 0.5) is 5.69 Å². The number of ether oxygens (including phenoxy) is 2. The third-order valence-electron chi connectivity index (χ3n) is 2.25. The fourth-order valence-electron chi connectivity index (χ4n) is 1.34. The van der Waals surface area contributed by atoms with Crippen molar-refractivity contribution < 1.29 is 19.4 Å². The predicted molar refractivity (Wildman–Crippen MR) is 53.1 cm³/mol. The van der Waals surface area contributed by atoms with E-state index in [1.807, 2.05) is 0 Å². The summed E-state index contributed by atoms with van der Waals surface area (Å²) in [6, 6.07) is 5.18. The van der Waals surface area contributed by atoms with Crippen LogP contribution in [-0.2, 0) is 4.79 Å². The van der Waals surface area contributed by atoms with E-state index in [0.717, 1.165) is 0 Å². The first kappa shape index (κ1) is 9.79. The summed E-state index contributed by atoms with van der Waals surface area (Å²) < 4.78 is 10.3. The van der Waals surface area contributed by atoms with E-state index in [4.69, 9.17) is 14.6 Å². The molecule has 5 heteroatoms. The molecule has 2 rings (SSSR count). The number of carbonyl (C=O) groups excluding carboxylic acids is 1. The van der Waals surface area contributed by atoms with Crippen molar-refractivity contribution in [2.45, 2.75) is 0 Å². The smallest absolute Gasteiger partial charge is 0.252 e. The van der Waals surface area contributed by atoms with E-state index in [2.05, 4.69) is 0 Å². The van der Waals surface area contributed by atoms with E-state index >= 15 is 0 Å². The van der Waals surface area contributed by atoms with Crippen molar-refractivity contribution >= 4 is 11.6 Å². The molecule has 0 atom stereocenters. The van der Waals surface area contributed by atoms with Crippen LogP contribution >= 0.6 is 0 Å². The van der Waals surface area contributed by atoms with Crippen LogP contribution in [0.1, 0.15) is 0 Å². The number of amides is 1. The SMILES string of the molecule is CN(C(=O)CO)c1ccc2c(c1)OCO2. The van der Waals surface area contributed by atoms with Gasteiger partial charge in [0.25, 0.3) is 5.91 Å². The molecular formula is C10H11NO4. The van der Waals surface area contributed by atoms with Crippen LogP contribution in [-0.4, -0.2) is 31.5 Å². The van der Waals surface area contributed by atoms with Gasteiger partial charge in [0.2, 0.25) is 6.79 Å². The lowest BCUT2D eigenvalue weighted by atomic mass is 10.2. The average molecular weight is 209 g/mol. The zero-order chi connectivity index (χ0) is 10.8. The van der Waals surface area contributed by atoms with E-state index in [-0.39, 0.29) is 12.7 Å². The number of nitrogens with zero attached hydrogens (tertiary/aromatic N) is 1. The molecule has 0 aliphatic carbocycles. The van der Waals surface area contributed by atoms with Crippen molar-refractivity contribution in [3.05, 3.63) is 18.2 Å². The molecular weight excluding hydrogens is 198 g/mol. The van der Waals surface area contributed by atoms with E-state index < -0.39 is 6.61 Å². The largest absolute Gasteiger partial charge is 0.454 e. The first-order valence-electron chi connectivity index (χ1n) is 4.49. The van der Waals surface area contributed by atoms with Crippen LogP contribution in [0.15, 0.2) is 18.2 Å². The quantitative estimate of drug-likeness (QED) is 0.764. The molecule has 0 radical (unpaired) electrons. The van der Waals surface area contributed by atoms with Gasteiger partial charge >= 0.3 is 0 Å². The average Bonchev–Trinajstić information content (AvgIpc) is 2.73. The summed E-state index contributed by atoms with van der Waals surface area (Å²) in [5.74, 6) is 0.919. The summed E-state index contributed by atoms with van der Waals surface area (Å²) >= 11 is 0. The first-order chi connectivity index (χ1) is 7.22. The summed E-state index contributed by atoms with van der Waals surface area (Å²) in [5.41, 5.74) is 0.665. The molecule has 1 aliphatic heterocycles. The normalized spacial score (nSPS) is 12.7. The minimum atomic E-state index is -0.509. The van der Waals surface area contributed by atoms with Crippen molar-refractivity contribution in [3.8, 4) is 11.5 Å². The van der Waals surface area contributed by atoms with Crippen molar-refractivity contribution in [2.75, 3.05) is 25.3 Å². The Labute approximate surface area is 86.8 Å². The number of anilines is 1. The summed E-state index contributed by atoms with van der Waals surface area (Å²) in [4.78, 5) is 12.6. The summed E-state index contributed by atoms with van der Waals surface area (Å²) in [7, 11) is 1.59. The Hall–Kier alpha value is -1.75. The van der Waals surface area contributed by atoms with Gasteiger partial charge < -0.3 is 19.5 Å². The van der Waals surface area contributed by atoms with E-state index in [1.54, 1.807) is 25.2 Å². The van der Waals surface area contributed by atoms with Crippen molar-refractivity contribution in [3.63, 3.8) is 0 Å². The summed E-state index contributed by atoms with van der Waals surface area (Å²) in [6.45, 7) is -0.304. The molecule has 0 aromatic heterocycles. The second-order valence-corrected chi connectivity index (χ2v) is 3.15. The lowest BCUT2D eigenvalue weighted by molar-refractivity contribution is -0.120. The molecule has 1 aliphatic rings. The molecule has 0 saturated heterocycles. The first-order valence-corrected chi connectivity index (χ1v) is 4.49. The number of hydrogen-bond acceptors (Lipinski definition) is 4. The van der Waals surface area contributed by atoms with Gasteiger partial charge in [-0.15, -0.1) is 0 Å². The van der Waals surface area contributed by atoms with Gasteiger partial charge in [0.15, 0.2) is 11.5 Å². The molecule has 0 fully saturated rings. The van der Waals surface area contributed by atoms with Crippen LogP contribution in [0.25, 0.3) is 0 Å². The highest BCUT2D eigenvalue weighted by Gasteiger charge is 2.16. The zero-order valence-electron chi connectivity index (χ0n) is 8.27. The topological polar surface area (TPSA) is 59.0 Å². The van der Waals surface area contributed by atoms with Gasteiger partial charge in [-0.1, -0.05) is 0 Å². The Balaban J connectivity index is 2.26. The number of aliphatic hydroxyl groups is 1. The summed E-state index contributed by atoms with van der Waals surface area (Å²) in [5, 5.41) is 8.71. The lowest BCUT2D eigenvalue weighted by Crippen LogP contribution is -2.28. The Morgan fingerprint density at radius 2 is 2.20 bits per heavy atom. The second-order valence-electron chi connectivity index (χ2n) is 3.15. The second kappa shape index (κ2) is 3.78. The standard InChI is InChI=1S/C10H11NO4/c1-11(10(13)5-12)7-2-3-8-9(4-7)15-6-14-8/h2-4,12H,5-6H2,1H3. The Kier molecular flexibility index (Phi) is 2.47. The molecule has 80 valence electrons. The number of aliphatic hydroxyl groups excluding tert-OH is 1. The Morgan fingerprint density at radius 1 is 1.47 bits per heavy atom. The third-order valence-corrected chi connectivity index (χ3v) is 2.25. The number of carbonyl (C=O) groups is 1. The van der Waals surface area contributed by atoms with Gasteiger partial charge in [-0.05, 0) is 12.1 Å². The van der Waals surface area contributed by atoms with Gasteiger partial charge in [-0.25, -0.2) is 0 Å². The highest BCUT2D eigenvalue weighted by Crippen LogP contribution is 2.35. The van der Waals surface area contributed by atoms with Crippen LogP contribution in [0.5, 0.6) is 11.5 Å². The molecule has 0 saturated carbocycles. The molecule has 1 amide bonds. The van der Waals surface area contributed by atoms with Gasteiger partial charge in [0, 0.05) is 18.8 Å². The van der Waals surface area contributed by atoms with Crippen molar-refractivity contribution in [1.82, 2.24) is 0 Å². The summed E-state index contributed by atoms with van der Waals surface area (Å²) in [6.07, 6.45) is 0. The molecule has 5 nitrogen and oxygen atoms in total. The van der Waals surface area contributed by atoms with E-state index in [9.17, 15) is 4.79 Å². The van der Waals surface area contributed by atoms with Crippen LogP contribution < -0.4 is 14.4 Å². The van der Waals surface area contributed by atoms with Crippen LogP contribution in [0, 0.1) is 0 Å². The number of benzene rings is 1. The molecule has 0 spiro atoms. The maximum atomic E-state index is 11.2. The van der Waals surface area contributed by atoms with Crippen LogP contribution in [0.3, 0.4) is 0 Å². The molecule has 1 heterocycles. The minimum absolute atomic E-state index is 0.205. The van der Waals surface area contributed by atoms with Gasteiger partial charge in [0.05, 0.1) is 0 Å². The maximum Gasteiger partial charge on any atom is 0.252 e. The number of likely N-dealkylation sites (N-methyl/N-ethyl adjacent to an activating group) is 1. The van der Waals surface area contributed by atoms with Gasteiger partial charge in [-0.2, -0.15) is 0 Å². The zero-order valence-corrected chi connectivity index (χ0v) is 8.27. The minimum Gasteiger partial charge on any atom is -0.454 e. The highest BCUT2D eigenvalue weighted by atomic mass is 16.7. The molecule has 1 aromatic carbocycles. The fraction of sp³-hybridized carbons (Fsp3) is 0.300. The van der Waals surface area contributed by atoms with Crippen molar-refractivity contribution in [2.24, 2.45) is 0 Å². The number of rotatable bonds is 2. The van der Waals surface area contributed by atoms with E-state index in [0.29, 0.717) is 17.2 Å². The Bertz CT molecular complexity index is 391. The monoisotopic (exact) mass is 209 g/mol.